The molecule has 0 heterocycles. The van der Waals surface area contributed by atoms with Crippen molar-refractivity contribution >= 4 is 20.2 Å². The molecular weight excluding hydrogens is 227 g/mol. The molecule has 2 atom stereocenters. The van der Waals surface area contributed by atoms with Crippen LogP contribution < -0.4 is 0 Å². The van der Waals surface area contributed by atoms with E-state index in [1.807, 2.05) is 0 Å². The SMILES string of the molecule is CCC(CCC(=O)O)(O[PH](=O)O)C(=O)O. The van der Waals surface area contributed by atoms with E-state index in [2.05, 4.69) is 4.52 Å². The molecule has 0 bridgehead atoms. The Bertz CT molecular complexity index is 277. The molecule has 0 aliphatic heterocycles. The lowest BCUT2D eigenvalue weighted by molar-refractivity contribution is -0.157. The number of carboxylic acids is 2. The van der Waals surface area contributed by atoms with Crippen LogP contribution in [0.4, 0.5) is 0 Å². The van der Waals surface area contributed by atoms with Gasteiger partial charge in [-0.3, -0.25) is 13.9 Å². The van der Waals surface area contributed by atoms with Crippen LogP contribution in [0.3, 0.4) is 0 Å². The maximum absolute atomic E-state index is 10.8. The zero-order valence-corrected chi connectivity index (χ0v) is 9.10. The van der Waals surface area contributed by atoms with E-state index in [1.54, 1.807) is 0 Å². The summed E-state index contributed by atoms with van der Waals surface area (Å²) in [5.41, 5.74) is -1.89. The van der Waals surface area contributed by atoms with Crippen LogP contribution in [0.25, 0.3) is 0 Å². The highest BCUT2D eigenvalue weighted by atomic mass is 31.1. The Morgan fingerprint density at radius 3 is 2.20 bits per heavy atom. The molecule has 0 spiro atoms. The van der Waals surface area contributed by atoms with Crippen LogP contribution in [0.2, 0.25) is 0 Å². The van der Waals surface area contributed by atoms with Crippen molar-refractivity contribution in [2.75, 3.05) is 0 Å². The van der Waals surface area contributed by atoms with Gasteiger partial charge in [0.1, 0.15) is 0 Å². The van der Waals surface area contributed by atoms with Gasteiger partial charge in [0, 0.05) is 6.42 Å². The minimum Gasteiger partial charge on any atom is -0.481 e. The van der Waals surface area contributed by atoms with Gasteiger partial charge in [0.2, 0.25) is 0 Å². The maximum Gasteiger partial charge on any atom is 0.336 e. The largest absolute Gasteiger partial charge is 0.481 e. The summed E-state index contributed by atoms with van der Waals surface area (Å²) in [5, 5.41) is 17.2. The van der Waals surface area contributed by atoms with Gasteiger partial charge in [-0.25, -0.2) is 4.79 Å². The third-order valence-corrected chi connectivity index (χ3v) is 2.55. The zero-order valence-electron chi connectivity index (χ0n) is 8.10. The van der Waals surface area contributed by atoms with Crippen LogP contribution in [0.15, 0.2) is 0 Å². The number of carbonyl (C=O) groups is 2. The van der Waals surface area contributed by atoms with Gasteiger partial charge < -0.3 is 15.1 Å². The molecule has 0 rings (SSSR count). The minimum absolute atomic E-state index is 0.0768. The van der Waals surface area contributed by atoms with E-state index in [4.69, 9.17) is 15.1 Å². The van der Waals surface area contributed by atoms with E-state index in [1.165, 1.54) is 6.92 Å². The summed E-state index contributed by atoms with van der Waals surface area (Å²) in [6.45, 7) is 1.45. The van der Waals surface area contributed by atoms with E-state index >= 15 is 0 Å². The summed E-state index contributed by atoms with van der Waals surface area (Å²) in [6.07, 6.45) is -0.854. The van der Waals surface area contributed by atoms with E-state index < -0.39 is 32.2 Å². The fraction of sp³-hybridized carbons (Fsp3) is 0.714. The third-order valence-electron chi connectivity index (χ3n) is 1.99. The molecule has 8 heteroatoms. The highest BCUT2D eigenvalue weighted by molar-refractivity contribution is 7.32. The highest BCUT2D eigenvalue weighted by Gasteiger charge is 2.39. The predicted octanol–water partition coefficient (Wildman–Crippen LogP) is 0.483. The minimum atomic E-state index is -3.42. The second-order valence-corrected chi connectivity index (χ2v) is 3.65. The zero-order chi connectivity index (χ0) is 12.1. The van der Waals surface area contributed by atoms with Gasteiger partial charge in [-0.15, -0.1) is 0 Å². The van der Waals surface area contributed by atoms with Crippen molar-refractivity contribution in [3.05, 3.63) is 0 Å². The maximum atomic E-state index is 10.8. The fourth-order valence-electron chi connectivity index (χ4n) is 1.08. The number of rotatable bonds is 7. The second kappa shape index (κ2) is 5.85. The van der Waals surface area contributed by atoms with Crippen LogP contribution in [0.5, 0.6) is 0 Å². The van der Waals surface area contributed by atoms with Crippen LogP contribution >= 0.6 is 8.25 Å². The first-order chi connectivity index (χ1) is 6.84. The molecule has 0 aromatic carbocycles. The van der Waals surface area contributed by atoms with Gasteiger partial charge in [0.25, 0.3) is 0 Å². The molecule has 0 fully saturated rings. The summed E-state index contributed by atoms with van der Waals surface area (Å²) >= 11 is 0. The Labute approximate surface area is 86.6 Å². The molecular formula is C7H13O7P. The van der Waals surface area contributed by atoms with Gasteiger partial charge in [-0.2, -0.15) is 0 Å². The second-order valence-electron chi connectivity index (χ2n) is 2.91. The Morgan fingerprint density at radius 1 is 1.40 bits per heavy atom. The standard InChI is InChI=1S/C7H13O7P/c1-2-7(6(10)11,14-15(12)13)4-3-5(8)9/h15H,2-4H2,1H3,(H,8,9)(H,10,11)(H,12,13). The highest BCUT2D eigenvalue weighted by Crippen LogP contribution is 2.33. The predicted molar refractivity (Wildman–Crippen MR) is 49.8 cm³/mol. The van der Waals surface area contributed by atoms with Gasteiger partial charge in [0.05, 0.1) is 0 Å². The summed E-state index contributed by atoms with van der Waals surface area (Å²) in [5.74, 6) is -2.62. The molecule has 0 aromatic rings. The fourth-order valence-corrected chi connectivity index (χ4v) is 1.75. The first-order valence-corrected chi connectivity index (χ1v) is 5.47. The van der Waals surface area contributed by atoms with Crippen molar-refractivity contribution in [3.8, 4) is 0 Å². The van der Waals surface area contributed by atoms with Crippen molar-refractivity contribution in [2.24, 2.45) is 0 Å². The molecule has 0 saturated carbocycles. The first-order valence-electron chi connectivity index (χ1n) is 4.21. The number of aliphatic carboxylic acids is 2. The lowest BCUT2D eigenvalue weighted by Gasteiger charge is -2.25. The first kappa shape index (κ1) is 14.1. The average Bonchev–Trinajstić information content (AvgIpc) is 2.11. The Kier molecular flexibility index (Phi) is 5.49. The number of hydrogen-bond acceptors (Lipinski definition) is 4. The van der Waals surface area contributed by atoms with Gasteiger partial charge in [-0.1, -0.05) is 6.92 Å². The van der Waals surface area contributed by atoms with Gasteiger partial charge >= 0.3 is 20.2 Å². The monoisotopic (exact) mass is 240 g/mol. The summed E-state index contributed by atoms with van der Waals surface area (Å²) in [6, 6.07) is 0. The average molecular weight is 240 g/mol. The van der Waals surface area contributed by atoms with E-state index in [9.17, 15) is 14.2 Å². The van der Waals surface area contributed by atoms with Crippen LogP contribution in [0.1, 0.15) is 26.2 Å². The van der Waals surface area contributed by atoms with Crippen molar-refractivity contribution < 1.29 is 33.8 Å². The molecule has 0 aliphatic carbocycles. The third kappa shape index (κ3) is 4.42. The summed E-state index contributed by atoms with van der Waals surface area (Å²) in [4.78, 5) is 29.7. The van der Waals surface area contributed by atoms with Crippen LogP contribution in [-0.4, -0.2) is 32.6 Å². The van der Waals surface area contributed by atoms with E-state index in [0.29, 0.717) is 0 Å². The molecule has 0 aromatic heterocycles. The summed E-state index contributed by atoms with van der Waals surface area (Å²) < 4.78 is 14.9. The van der Waals surface area contributed by atoms with Crippen molar-refractivity contribution in [3.63, 3.8) is 0 Å². The molecule has 15 heavy (non-hydrogen) atoms. The number of hydrogen-bond donors (Lipinski definition) is 3. The molecule has 7 nitrogen and oxygen atoms in total. The summed E-state index contributed by atoms with van der Waals surface area (Å²) in [7, 11) is -3.42. The molecule has 0 amide bonds. The Morgan fingerprint density at radius 2 is 1.93 bits per heavy atom. The van der Waals surface area contributed by atoms with Crippen molar-refractivity contribution in [1.29, 1.82) is 0 Å². The Balaban J connectivity index is 4.72. The van der Waals surface area contributed by atoms with E-state index in [0.717, 1.165) is 0 Å². The quantitative estimate of drug-likeness (QED) is 0.553. The van der Waals surface area contributed by atoms with E-state index in [-0.39, 0.29) is 12.8 Å². The molecule has 3 N–H and O–H groups in total. The normalized spacial score (nSPS) is 16.7. The molecule has 0 aliphatic rings. The molecule has 88 valence electrons. The molecule has 0 radical (unpaired) electrons. The Hall–Kier alpha value is -0.910. The van der Waals surface area contributed by atoms with Crippen molar-refractivity contribution in [2.45, 2.75) is 31.8 Å². The topological polar surface area (TPSA) is 121 Å². The van der Waals surface area contributed by atoms with Crippen LogP contribution in [-0.2, 0) is 18.7 Å². The van der Waals surface area contributed by atoms with Gasteiger partial charge in [0.15, 0.2) is 5.60 Å². The number of carboxylic acid groups (broad SMARTS) is 2. The lowest BCUT2D eigenvalue weighted by atomic mass is 9.95. The van der Waals surface area contributed by atoms with Crippen molar-refractivity contribution in [1.82, 2.24) is 0 Å². The smallest absolute Gasteiger partial charge is 0.336 e. The van der Waals surface area contributed by atoms with Crippen LogP contribution in [0, 0.1) is 0 Å². The van der Waals surface area contributed by atoms with Gasteiger partial charge in [-0.05, 0) is 12.8 Å². The molecule has 2 unspecified atom stereocenters. The molecule has 0 saturated heterocycles. The lowest BCUT2D eigenvalue weighted by Crippen LogP contribution is -2.39.